The molecule has 2 atom stereocenters. The zero-order valence-electron chi connectivity index (χ0n) is 15.8. The number of benzene rings is 1. The molecule has 0 bridgehead atoms. The summed E-state index contributed by atoms with van der Waals surface area (Å²) in [7, 11) is -3.29. The van der Waals surface area contributed by atoms with Crippen molar-refractivity contribution in [3.63, 3.8) is 0 Å². The molecule has 0 unspecified atom stereocenters. The average molecular weight is 401 g/mol. The van der Waals surface area contributed by atoms with Gasteiger partial charge in [-0.15, -0.1) is 0 Å². The fourth-order valence-electron chi connectivity index (χ4n) is 3.66. The zero-order chi connectivity index (χ0) is 19.7. The van der Waals surface area contributed by atoms with Gasteiger partial charge in [0.1, 0.15) is 17.3 Å². The van der Waals surface area contributed by atoms with Gasteiger partial charge < -0.3 is 4.42 Å². The first-order valence-corrected chi connectivity index (χ1v) is 11.0. The molecule has 8 nitrogen and oxygen atoms in total. The van der Waals surface area contributed by atoms with Gasteiger partial charge in [0.15, 0.2) is 5.82 Å². The van der Waals surface area contributed by atoms with Crippen LogP contribution in [0.25, 0.3) is 11.4 Å². The van der Waals surface area contributed by atoms with Crippen LogP contribution in [0.2, 0.25) is 0 Å². The van der Waals surface area contributed by atoms with Crippen LogP contribution >= 0.6 is 0 Å². The second-order valence-corrected chi connectivity index (χ2v) is 8.97. The highest BCUT2D eigenvalue weighted by atomic mass is 32.2. The second-order valence-electron chi connectivity index (χ2n) is 7.19. The van der Waals surface area contributed by atoms with Crippen molar-refractivity contribution in [3.8, 4) is 11.4 Å². The third-order valence-corrected chi connectivity index (χ3v) is 5.55. The van der Waals surface area contributed by atoms with Crippen LogP contribution in [0.15, 0.2) is 46.9 Å². The van der Waals surface area contributed by atoms with Crippen molar-refractivity contribution < 1.29 is 12.8 Å². The Hall–Kier alpha value is -2.49. The van der Waals surface area contributed by atoms with Crippen LogP contribution in [0, 0.1) is 6.92 Å². The van der Waals surface area contributed by atoms with Crippen LogP contribution in [0.1, 0.15) is 29.8 Å². The van der Waals surface area contributed by atoms with Gasteiger partial charge in [0.25, 0.3) is 0 Å². The third-order valence-electron chi connectivity index (χ3n) is 4.79. The molecule has 0 saturated carbocycles. The Kier molecular flexibility index (Phi) is 5.05. The van der Waals surface area contributed by atoms with E-state index in [1.807, 2.05) is 49.4 Å². The molecule has 0 spiro atoms. The van der Waals surface area contributed by atoms with Gasteiger partial charge in [-0.2, -0.15) is 5.10 Å². The van der Waals surface area contributed by atoms with Gasteiger partial charge in [-0.25, -0.2) is 18.1 Å². The van der Waals surface area contributed by atoms with E-state index < -0.39 is 10.0 Å². The summed E-state index contributed by atoms with van der Waals surface area (Å²) in [5.74, 6) is 3.04. The van der Waals surface area contributed by atoms with Crippen LogP contribution in [0.3, 0.4) is 0 Å². The highest BCUT2D eigenvalue weighted by molar-refractivity contribution is 7.88. The maximum Gasteiger partial charge on any atom is 0.208 e. The van der Waals surface area contributed by atoms with E-state index in [1.165, 1.54) is 6.26 Å². The third kappa shape index (κ3) is 4.32. The summed E-state index contributed by atoms with van der Waals surface area (Å²) in [5, 5.41) is 7.39. The second kappa shape index (κ2) is 7.50. The Bertz CT molecular complexity index is 1040. The number of nitrogens with zero attached hydrogens (tertiary/aromatic N) is 3. The van der Waals surface area contributed by atoms with E-state index in [-0.39, 0.29) is 12.1 Å². The summed E-state index contributed by atoms with van der Waals surface area (Å²) in [6, 6.07) is 13.3. The molecule has 0 radical (unpaired) electrons. The van der Waals surface area contributed by atoms with Crippen molar-refractivity contribution >= 4 is 10.0 Å². The minimum Gasteiger partial charge on any atom is -0.465 e. The summed E-state index contributed by atoms with van der Waals surface area (Å²) in [6.45, 7) is 3.04. The highest BCUT2D eigenvalue weighted by Crippen LogP contribution is 2.33. The van der Waals surface area contributed by atoms with Crippen molar-refractivity contribution in [3.05, 3.63) is 59.8 Å². The Morgan fingerprint density at radius 2 is 2.04 bits per heavy atom. The van der Waals surface area contributed by atoms with Gasteiger partial charge in [0.2, 0.25) is 10.0 Å². The highest BCUT2D eigenvalue weighted by Gasteiger charge is 2.37. The molecule has 1 aliphatic rings. The number of sulfonamides is 1. The number of aromatic nitrogens is 3. The van der Waals surface area contributed by atoms with E-state index in [1.54, 1.807) is 0 Å². The number of hydrogen-bond donors (Lipinski definition) is 2. The molecule has 148 valence electrons. The molecule has 2 aromatic heterocycles. The van der Waals surface area contributed by atoms with E-state index in [0.717, 1.165) is 22.9 Å². The van der Waals surface area contributed by atoms with Crippen molar-refractivity contribution in [2.24, 2.45) is 0 Å². The number of furan rings is 1. The van der Waals surface area contributed by atoms with E-state index in [0.29, 0.717) is 25.3 Å². The number of aromatic amines is 1. The minimum absolute atomic E-state index is 0.0883. The van der Waals surface area contributed by atoms with Crippen LogP contribution in [0.5, 0.6) is 0 Å². The first kappa shape index (κ1) is 18.9. The summed E-state index contributed by atoms with van der Waals surface area (Å²) in [4.78, 5) is 6.84. The molecule has 1 aliphatic heterocycles. The lowest BCUT2D eigenvalue weighted by Gasteiger charge is -2.21. The molecule has 0 amide bonds. The van der Waals surface area contributed by atoms with E-state index in [4.69, 9.17) is 4.42 Å². The summed E-state index contributed by atoms with van der Waals surface area (Å²) >= 11 is 0. The predicted molar refractivity (Wildman–Crippen MR) is 105 cm³/mol. The van der Waals surface area contributed by atoms with Gasteiger partial charge in [0.05, 0.1) is 18.8 Å². The standard InChI is InChI=1S/C19H23N5O3S/c1-13-8-9-16(27-13)12-24-11-15(23-28(2,25)26)10-17(24)19-20-18(21-22-19)14-6-4-3-5-7-14/h3-9,15,17,23H,10-12H2,1-2H3,(H,20,21,22)/t15-,17-/m0/s1. The lowest BCUT2D eigenvalue weighted by atomic mass is 10.1. The molecule has 4 rings (SSSR count). The van der Waals surface area contributed by atoms with Gasteiger partial charge in [-0.3, -0.25) is 10.00 Å². The van der Waals surface area contributed by atoms with Gasteiger partial charge in [-0.1, -0.05) is 30.3 Å². The lowest BCUT2D eigenvalue weighted by Crippen LogP contribution is -2.36. The van der Waals surface area contributed by atoms with Crippen LogP contribution in [-0.2, 0) is 16.6 Å². The predicted octanol–water partition coefficient (Wildman–Crippen LogP) is 2.24. The molecule has 1 aromatic carbocycles. The molecular weight excluding hydrogens is 378 g/mol. The molecule has 2 N–H and O–H groups in total. The number of aryl methyl sites for hydroxylation is 1. The molecule has 0 aliphatic carbocycles. The summed E-state index contributed by atoms with van der Waals surface area (Å²) in [5.41, 5.74) is 0.932. The first-order valence-electron chi connectivity index (χ1n) is 9.12. The summed E-state index contributed by atoms with van der Waals surface area (Å²) in [6.07, 6.45) is 1.79. The lowest BCUT2D eigenvalue weighted by molar-refractivity contribution is 0.218. The molecule has 28 heavy (non-hydrogen) atoms. The smallest absolute Gasteiger partial charge is 0.208 e. The minimum atomic E-state index is -3.29. The number of nitrogens with one attached hydrogen (secondary N) is 2. The van der Waals surface area contributed by atoms with Crippen LogP contribution < -0.4 is 4.72 Å². The SMILES string of the molecule is Cc1ccc(CN2C[C@@H](NS(C)(=O)=O)C[C@H]2c2nc(-c3ccccc3)n[nH]2)o1. The van der Waals surface area contributed by atoms with Crippen LogP contribution in [-0.4, -0.2) is 47.3 Å². The summed E-state index contributed by atoms with van der Waals surface area (Å²) < 4.78 is 31.8. The Balaban J connectivity index is 1.59. The van der Waals surface area contributed by atoms with E-state index in [2.05, 4.69) is 24.8 Å². The monoisotopic (exact) mass is 401 g/mol. The Labute approximate surface area is 164 Å². The van der Waals surface area contributed by atoms with E-state index >= 15 is 0 Å². The Morgan fingerprint density at radius 3 is 2.71 bits per heavy atom. The maximum atomic E-state index is 11.7. The number of H-pyrrole nitrogens is 1. The van der Waals surface area contributed by atoms with Crippen molar-refractivity contribution in [2.75, 3.05) is 12.8 Å². The zero-order valence-corrected chi connectivity index (χ0v) is 16.6. The topological polar surface area (TPSA) is 104 Å². The fraction of sp³-hybridized carbons (Fsp3) is 0.368. The van der Waals surface area contributed by atoms with Crippen molar-refractivity contribution in [1.82, 2.24) is 24.8 Å². The van der Waals surface area contributed by atoms with E-state index in [9.17, 15) is 8.42 Å². The fourth-order valence-corrected chi connectivity index (χ4v) is 4.44. The molecule has 3 aromatic rings. The quantitative estimate of drug-likeness (QED) is 0.656. The first-order chi connectivity index (χ1) is 13.4. The number of likely N-dealkylation sites (tertiary alicyclic amines) is 1. The van der Waals surface area contributed by atoms with Crippen LogP contribution in [0.4, 0.5) is 0 Å². The Morgan fingerprint density at radius 1 is 1.25 bits per heavy atom. The van der Waals surface area contributed by atoms with Crippen molar-refractivity contribution in [1.29, 1.82) is 0 Å². The number of rotatable bonds is 6. The van der Waals surface area contributed by atoms with Gasteiger partial charge in [-0.05, 0) is 25.5 Å². The van der Waals surface area contributed by atoms with Crippen molar-refractivity contribution in [2.45, 2.75) is 32.0 Å². The molecule has 3 heterocycles. The number of hydrogen-bond acceptors (Lipinski definition) is 6. The van der Waals surface area contributed by atoms with Gasteiger partial charge in [0, 0.05) is 18.2 Å². The molecule has 9 heteroatoms. The largest absolute Gasteiger partial charge is 0.465 e. The normalized spacial score (nSPS) is 20.6. The molecular formula is C19H23N5O3S. The maximum absolute atomic E-state index is 11.7. The molecule has 1 saturated heterocycles. The molecule has 1 fully saturated rings. The van der Waals surface area contributed by atoms with Gasteiger partial charge >= 0.3 is 0 Å². The average Bonchev–Trinajstić information content (AvgIpc) is 3.35.